The summed E-state index contributed by atoms with van der Waals surface area (Å²) < 4.78 is 28.0. The van der Waals surface area contributed by atoms with Crippen LogP contribution in [-0.4, -0.2) is 45.1 Å². The monoisotopic (exact) mass is 376 g/mol. The van der Waals surface area contributed by atoms with Gasteiger partial charge in [-0.1, -0.05) is 6.07 Å². The number of halogens is 1. The minimum absolute atomic E-state index is 0.177. The Morgan fingerprint density at radius 1 is 1.48 bits per heavy atom. The van der Waals surface area contributed by atoms with Gasteiger partial charge in [0, 0.05) is 17.6 Å². The first-order valence-corrected chi connectivity index (χ1v) is 9.27. The number of sulfonamides is 1. The van der Waals surface area contributed by atoms with Gasteiger partial charge in [0.15, 0.2) is 0 Å². The van der Waals surface area contributed by atoms with Crippen molar-refractivity contribution < 1.29 is 13.5 Å². The second kappa shape index (κ2) is 7.19. The molecular weight excluding hydrogens is 356 g/mol. The Kier molecular flexibility index (Phi) is 5.79. The Balaban J connectivity index is 2.08. The van der Waals surface area contributed by atoms with Crippen LogP contribution in [0.2, 0.25) is 0 Å². The predicted octanol–water partition coefficient (Wildman–Crippen LogP) is 1.56. The summed E-state index contributed by atoms with van der Waals surface area (Å²) in [6.07, 6.45) is 2.15. The molecule has 118 valence electrons. The zero-order valence-corrected chi connectivity index (χ0v) is 14.5. The lowest BCUT2D eigenvalue weighted by molar-refractivity contribution is 0.211. The molecule has 2 rings (SSSR count). The quantitative estimate of drug-likeness (QED) is 0.817. The molecule has 1 aliphatic heterocycles. The van der Waals surface area contributed by atoms with Crippen LogP contribution in [0.4, 0.5) is 0 Å². The van der Waals surface area contributed by atoms with Gasteiger partial charge in [-0.15, -0.1) is 0 Å². The van der Waals surface area contributed by atoms with Gasteiger partial charge in [0.25, 0.3) is 0 Å². The number of benzene rings is 1. The Hall–Kier alpha value is -0.470. The third kappa shape index (κ3) is 4.50. The number of piperidine rings is 1. The molecule has 0 radical (unpaired) electrons. The van der Waals surface area contributed by atoms with E-state index in [9.17, 15) is 8.42 Å². The highest BCUT2D eigenvalue weighted by molar-refractivity contribution is 9.10. The molecule has 1 heterocycles. The molecular formula is C14H21BrN2O3S. The van der Waals surface area contributed by atoms with E-state index in [1.807, 2.05) is 0 Å². The number of aliphatic hydroxyl groups is 1. The summed E-state index contributed by atoms with van der Waals surface area (Å²) in [4.78, 5) is 2.41. The number of hydrogen-bond acceptors (Lipinski definition) is 4. The SMILES string of the molecule is CN1CCCC(CNS(=O)(=O)c2cc(CO)ccc2Br)C1. The first kappa shape index (κ1) is 16.9. The fourth-order valence-corrected chi connectivity index (χ4v) is 4.73. The zero-order valence-electron chi connectivity index (χ0n) is 12.0. The number of rotatable bonds is 5. The molecule has 1 aliphatic rings. The molecule has 1 atom stereocenters. The smallest absolute Gasteiger partial charge is 0.241 e. The molecule has 0 saturated carbocycles. The van der Waals surface area contributed by atoms with Crippen LogP contribution < -0.4 is 4.72 Å². The molecule has 1 fully saturated rings. The molecule has 2 N–H and O–H groups in total. The van der Waals surface area contributed by atoms with Crippen LogP contribution >= 0.6 is 15.9 Å². The fourth-order valence-electron chi connectivity index (χ4n) is 2.60. The van der Waals surface area contributed by atoms with E-state index >= 15 is 0 Å². The molecule has 0 spiro atoms. The van der Waals surface area contributed by atoms with Gasteiger partial charge in [0.1, 0.15) is 0 Å². The minimum Gasteiger partial charge on any atom is -0.392 e. The summed E-state index contributed by atoms with van der Waals surface area (Å²) in [5, 5.41) is 9.15. The van der Waals surface area contributed by atoms with Crippen molar-refractivity contribution in [3.8, 4) is 0 Å². The third-order valence-electron chi connectivity index (χ3n) is 3.75. The average Bonchev–Trinajstić information content (AvgIpc) is 2.46. The molecule has 0 amide bonds. The maximum atomic E-state index is 12.4. The lowest BCUT2D eigenvalue weighted by atomic mass is 9.99. The largest absolute Gasteiger partial charge is 0.392 e. The van der Waals surface area contributed by atoms with Crippen molar-refractivity contribution in [2.75, 3.05) is 26.7 Å². The van der Waals surface area contributed by atoms with E-state index in [1.165, 1.54) is 6.07 Å². The highest BCUT2D eigenvalue weighted by atomic mass is 79.9. The van der Waals surface area contributed by atoms with Gasteiger partial charge in [-0.25, -0.2) is 13.1 Å². The average molecular weight is 377 g/mol. The normalized spacial score (nSPS) is 20.6. The van der Waals surface area contributed by atoms with E-state index in [2.05, 4.69) is 32.6 Å². The molecule has 5 nitrogen and oxygen atoms in total. The molecule has 0 aromatic heterocycles. The van der Waals surface area contributed by atoms with E-state index in [0.29, 0.717) is 22.5 Å². The Morgan fingerprint density at radius 2 is 2.24 bits per heavy atom. The van der Waals surface area contributed by atoms with E-state index in [4.69, 9.17) is 5.11 Å². The fraction of sp³-hybridized carbons (Fsp3) is 0.571. The van der Waals surface area contributed by atoms with Gasteiger partial charge in [-0.05, 0) is 66.0 Å². The van der Waals surface area contributed by atoms with Crippen LogP contribution in [0.3, 0.4) is 0 Å². The molecule has 0 bridgehead atoms. The summed E-state index contributed by atoms with van der Waals surface area (Å²) in [6, 6.07) is 4.84. The summed E-state index contributed by atoms with van der Waals surface area (Å²) in [5.41, 5.74) is 0.580. The summed E-state index contributed by atoms with van der Waals surface area (Å²) in [6.45, 7) is 2.26. The second-order valence-electron chi connectivity index (χ2n) is 5.55. The van der Waals surface area contributed by atoms with Crippen molar-refractivity contribution in [1.82, 2.24) is 9.62 Å². The van der Waals surface area contributed by atoms with Crippen LogP contribution in [0.1, 0.15) is 18.4 Å². The van der Waals surface area contributed by atoms with Crippen LogP contribution in [-0.2, 0) is 16.6 Å². The molecule has 21 heavy (non-hydrogen) atoms. The molecule has 1 unspecified atom stereocenters. The van der Waals surface area contributed by atoms with Gasteiger partial charge >= 0.3 is 0 Å². The van der Waals surface area contributed by atoms with Crippen molar-refractivity contribution in [3.63, 3.8) is 0 Å². The highest BCUT2D eigenvalue weighted by Gasteiger charge is 2.22. The van der Waals surface area contributed by atoms with Crippen LogP contribution in [0.25, 0.3) is 0 Å². The van der Waals surface area contributed by atoms with E-state index in [-0.39, 0.29) is 11.5 Å². The lowest BCUT2D eigenvalue weighted by Crippen LogP contribution is -2.39. The minimum atomic E-state index is -3.57. The standard InChI is InChI=1S/C14H21BrN2O3S/c1-17-6-2-3-12(9-17)8-16-21(19,20)14-7-11(10-18)4-5-13(14)15/h4-5,7,12,16,18H,2-3,6,8-10H2,1H3. The first-order chi connectivity index (χ1) is 9.92. The van der Waals surface area contributed by atoms with E-state index in [0.717, 1.165) is 25.9 Å². The first-order valence-electron chi connectivity index (χ1n) is 7.00. The summed E-state index contributed by atoms with van der Waals surface area (Å²) in [7, 11) is -1.51. The number of nitrogens with zero attached hydrogens (tertiary/aromatic N) is 1. The van der Waals surface area contributed by atoms with Crippen molar-refractivity contribution in [2.24, 2.45) is 5.92 Å². The Labute approximate surface area is 134 Å². The third-order valence-corrected chi connectivity index (χ3v) is 6.17. The number of aliphatic hydroxyl groups excluding tert-OH is 1. The van der Waals surface area contributed by atoms with Crippen molar-refractivity contribution in [3.05, 3.63) is 28.2 Å². The van der Waals surface area contributed by atoms with E-state index < -0.39 is 10.0 Å². The lowest BCUT2D eigenvalue weighted by Gasteiger charge is -2.29. The van der Waals surface area contributed by atoms with Gasteiger partial charge in [0.05, 0.1) is 11.5 Å². The number of hydrogen-bond donors (Lipinski definition) is 2. The van der Waals surface area contributed by atoms with Crippen molar-refractivity contribution >= 4 is 26.0 Å². The topological polar surface area (TPSA) is 69.6 Å². The number of nitrogens with one attached hydrogen (secondary N) is 1. The van der Waals surface area contributed by atoms with Gasteiger partial charge in [-0.3, -0.25) is 0 Å². The molecule has 0 aliphatic carbocycles. The predicted molar refractivity (Wildman–Crippen MR) is 85.5 cm³/mol. The highest BCUT2D eigenvalue weighted by Crippen LogP contribution is 2.24. The van der Waals surface area contributed by atoms with Crippen molar-refractivity contribution in [1.29, 1.82) is 0 Å². The molecule has 1 aromatic carbocycles. The molecule has 1 aromatic rings. The van der Waals surface area contributed by atoms with Gasteiger partial charge < -0.3 is 10.0 Å². The molecule has 1 saturated heterocycles. The van der Waals surface area contributed by atoms with Crippen LogP contribution in [0.15, 0.2) is 27.6 Å². The summed E-state index contributed by atoms with van der Waals surface area (Å²) >= 11 is 3.26. The Morgan fingerprint density at radius 3 is 2.90 bits per heavy atom. The van der Waals surface area contributed by atoms with E-state index in [1.54, 1.807) is 12.1 Å². The number of likely N-dealkylation sites (tertiary alicyclic amines) is 1. The van der Waals surface area contributed by atoms with Gasteiger partial charge in [0.2, 0.25) is 10.0 Å². The maximum Gasteiger partial charge on any atom is 0.241 e. The van der Waals surface area contributed by atoms with Crippen LogP contribution in [0.5, 0.6) is 0 Å². The molecule has 7 heteroatoms. The summed E-state index contributed by atoms with van der Waals surface area (Å²) in [5.74, 6) is 0.346. The second-order valence-corrected chi connectivity index (χ2v) is 8.13. The Bertz CT molecular complexity index is 592. The van der Waals surface area contributed by atoms with Crippen LogP contribution in [0, 0.1) is 5.92 Å². The zero-order chi connectivity index (χ0) is 15.5. The maximum absolute atomic E-state index is 12.4. The van der Waals surface area contributed by atoms with Crippen molar-refractivity contribution in [2.45, 2.75) is 24.3 Å². The van der Waals surface area contributed by atoms with Gasteiger partial charge in [-0.2, -0.15) is 0 Å².